The summed E-state index contributed by atoms with van der Waals surface area (Å²) in [7, 11) is 1.48. The van der Waals surface area contributed by atoms with Gasteiger partial charge in [-0.2, -0.15) is 0 Å². The molecule has 0 unspecified atom stereocenters. The smallest absolute Gasteiger partial charge is 0.259 e. The van der Waals surface area contributed by atoms with Crippen LogP contribution in [-0.4, -0.2) is 24.0 Å². The molecule has 3 N–H and O–H groups in total. The van der Waals surface area contributed by atoms with E-state index in [1.54, 1.807) is 24.3 Å². The Hall–Kier alpha value is -2.54. The predicted octanol–water partition coefficient (Wildman–Crippen LogP) is 3.37. The van der Waals surface area contributed by atoms with Crippen molar-refractivity contribution < 1.29 is 19.4 Å². The Morgan fingerprint density at radius 3 is 2.52 bits per heavy atom. The van der Waals surface area contributed by atoms with Crippen molar-refractivity contribution in [3.63, 3.8) is 0 Å². The van der Waals surface area contributed by atoms with Crippen molar-refractivity contribution in [3.8, 4) is 11.5 Å². The summed E-state index contributed by atoms with van der Waals surface area (Å²) in [5.74, 6) is -0.371. The zero-order valence-electron chi connectivity index (χ0n) is 12.5. The van der Waals surface area contributed by atoms with E-state index in [-0.39, 0.29) is 17.2 Å². The number of rotatable bonds is 4. The molecule has 0 saturated heterocycles. The lowest BCUT2D eigenvalue weighted by Gasteiger charge is -2.12. The molecule has 2 aromatic carbocycles. The fourth-order valence-electron chi connectivity index (χ4n) is 1.96. The Morgan fingerprint density at radius 1 is 1.13 bits per heavy atom. The predicted molar refractivity (Wildman–Crippen MR) is 91.1 cm³/mol. The molecule has 0 bridgehead atoms. The summed E-state index contributed by atoms with van der Waals surface area (Å²) in [5.41, 5.74) is 1.03. The Bertz CT molecular complexity index is 762. The minimum Gasteiger partial charge on any atom is -0.507 e. The van der Waals surface area contributed by atoms with E-state index in [4.69, 9.17) is 4.74 Å². The van der Waals surface area contributed by atoms with Gasteiger partial charge in [0.1, 0.15) is 11.5 Å². The largest absolute Gasteiger partial charge is 0.507 e. The van der Waals surface area contributed by atoms with Gasteiger partial charge < -0.3 is 20.5 Å². The molecule has 0 saturated carbocycles. The molecule has 0 aliphatic heterocycles. The van der Waals surface area contributed by atoms with Gasteiger partial charge in [0.05, 0.1) is 18.4 Å². The number of phenolic OH excluding ortho intramolecular Hbond substituents is 1. The summed E-state index contributed by atoms with van der Waals surface area (Å²) < 4.78 is 5.83. The molecule has 0 radical (unpaired) electrons. The molecule has 0 atom stereocenters. The molecule has 2 rings (SSSR count). The van der Waals surface area contributed by atoms with E-state index in [2.05, 4.69) is 26.6 Å². The van der Waals surface area contributed by atoms with E-state index in [9.17, 15) is 14.7 Å². The van der Waals surface area contributed by atoms with Crippen LogP contribution in [0.4, 0.5) is 11.4 Å². The molecule has 0 aromatic heterocycles. The second-order valence-electron chi connectivity index (χ2n) is 4.71. The number of halogens is 1. The number of methoxy groups -OCH3 is 1. The van der Waals surface area contributed by atoms with Gasteiger partial charge in [0, 0.05) is 17.1 Å². The van der Waals surface area contributed by atoms with Crippen molar-refractivity contribution in [1.29, 1.82) is 0 Å². The van der Waals surface area contributed by atoms with Crippen molar-refractivity contribution in [2.75, 3.05) is 17.7 Å². The van der Waals surface area contributed by atoms with Gasteiger partial charge in [-0.05, 0) is 36.4 Å². The number of anilines is 2. The Kier molecular flexibility index (Phi) is 5.23. The third-order valence-electron chi connectivity index (χ3n) is 2.97. The molecule has 2 amide bonds. The number of carbonyl (C=O) groups is 2. The monoisotopic (exact) mass is 378 g/mol. The van der Waals surface area contributed by atoms with Crippen LogP contribution in [0.5, 0.6) is 11.5 Å². The first-order valence-electron chi connectivity index (χ1n) is 6.66. The number of carbonyl (C=O) groups excluding carboxylic acids is 2. The normalized spacial score (nSPS) is 10.0. The van der Waals surface area contributed by atoms with Gasteiger partial charge >= 0.3 is 0 Å². The molecule has 0 fully saturated rings. The fraction of sp³-hybridized carbons (Fsp3) is 0.125. The lowest BCUT2D eigenvalue weighted by Crippen LogP contribution is -2.13. The molecule has 0 spiro atoms. The SMILES string of the molecule is COc1ccc(NC(=O)c2cc(Br)ccc2O)cc1NC(C)=O. The van der Waals surface area contributed by atoms with Gasteiger partial charge in [-0.3, -0.25) is 9.59 Å². The third kappa shape index (κ3) is 4.23. The van der Waals surface area contributed by atoms with Gasteiger partial charge in [-0.1, -0.05) is 15.9 Å². The van der Waals surface area contributed by atoms with E-state index in [0.717, 1.165) is 0 Å². The molecule has 6 nitrogen and oxygen atoms in total. The molecule has 0 aliphatic carbocycles. The summed E-state index contributed by atoms with van der Waals surface area (Å²) in [6, 6.07) is 9.42. The molecule has 0 heterocycles. The van der Waals surface area contributed by atoms with Gasteiger partial charge in [0.2, 0.25) is 5.91 Å². The van der Waals surface area contributed by atoms with Crippen LogP contribution < -0.4 is 15.4 Å². The van der Waals surface area contributed by atoms with Crippen molar-refractivity contribution in [3.05, 3.63) is 46.4 Å². The highest BCUT2D eigenvalue weighted by molar-refractivity contribution is 9.10. The zero-order chi connectivity index (χ0) is 17.0. The molecule has 120 valence electrons. The first-order chi connectivity index (χ1) is 10.9. The maximum atomic E-state index is 12.3. The van der Waals surface area contributed by atoms with Crippen LogP contribution in [0.25, 0.3) is 0 Å². The van der Waals surface area contributed by atoms with E-state index >= 15 is 0 Å². The number of hydrogen-bond donors (Lipinski definition) is 3. The molecular weight excluding hydrogens is 364 g/mol. The van der Waals surface area contributed by atoms with Crippen molar-refractivity contribution in [2.24, 2.45) is 0 Å². The van der Waals surface area contributed by atoms with Crippen molar-refractivity contribution in [1.82, 2.24) is 0 Å². The highest BCUT2D eigenvalue weighted by Gasteiger charge is 2.13. The van der Waals surface area contributed by atoms with Crippen molar-refractivity contribution >= 4 is 39.1 Å². The number of nitrogens with one attached hydrogen (secondary N) is 2. The van der Waals surface area contributed by atoms with Crippen molar-refractivity contribution in [2.45, 2.75) is 6.92 Å². The zero-order valence-corrected chi connectivity index (χ0v) is 14.1. The molecule has 23 heavy (non-hydrogen) atoms. The Balaban J connectivity index is 2.27. The van der Waals surface area contributed by atoms with Crippen LogP contribution in [-0.2, 0) is 4.79 Å². The Morgan fingerprint density at radius 2 is 1.87 bits per heavy atom. The average Bonchev–Trinajstić information content (AvgIpc) is 2.49. The number of phenols is 1. The second kappa shape index (κ2) is 7.15. The maximum absolute atomic E-state index is 12.3. The quantitative estimate of drug-likeness (QED) is 0.760. The lowest BCUT2D eigenvalue weighted by molar-refractivity contribution is -0.114. The summed E-state index contributed by atoms with van der Waals surface area (Å²) in [5, 5.41) is 15.1. The van der Waals surface area contributed by atoms with Gasteiger partial charge in [0.15, 0.2) is 0 Å². The molecule has 0 aliphatic rings. The minimum atomic E-state index is -0.470. The highest BCUT2D eigenvalue weighted by Crippen LogP contribution is 2.29. The first-order valence-corrected chi connectivity index (χ1v) is 7.45. The van der Waals surface area contributed by atoms with Gasteiger partial charge in [-0.25, -0.2) is 0 Å². The van der Waals surface area contributed by atoms with E-state index < -0.39 is 5.91 Å². The summed E-state index contributed by atoms with van der Waals surface area (Å²) >= 11 is 3.25. The molecular formula is C16H15BrN2O4. The maximum Gasteiger partial charge on any atom is 0.259 e. The number of aromatic hydroxyl groups is 1. The summed E-state index contributed by atoms with van der Waals surface area (Å²) in [4.78, 5) is 23.5. The Labute approximate surface area is 141 Å². The van der Waals surface area contributed by atoms with E-state index in [1.165, 1.54) is 26.2 Å². The second-order valence-corrected chi connectivity index (χ2v) is 5.63. The van der Waals surface area contributed by atoms with Crippen LogP contribution >= 0.6 is 15.9 Å². The fourth-order valence-corrected chi connectivity index (χ4v) is 2.32. The minimum absolute atomic E-state index is 0.124. The standard InChI is InChI=1S/C16H15BrN2O4/c1-9(20)18-13-8-11(4-6-15(13)23-2)19-16(22)12-7-10(17)3-5-14(12)21/h3-8,21H,1-2H3,(H,18,20)(H,19,22). The van der Waals surface area contributed by atoms with Crippen LogP contribution in [0.15, 0.2) is 40.9 Å². The number of ether oxygens (including phenoxy) is 1. The number of benzene rings is 2. The third-order valence-corrected chi connectivity index (χ3v) is 3.46. The van der Waals surface area contributed by atoms with Crippen LogP contribution in [0.2, 0.25) is 0 Å². The molecule has 2 aromatic rings. The van der Waals surface area contributed by atoms with Crippen LogP contribution in [0.1, 0.15) is 17.3 Å². The van der Waals surface area contributed by atoms with E-state index in [1.807, 2.05) is 0 Å². The first kappa shape index (κ1) is 16.8. The number of hydrogen-bond acceptors (Lipinski definition) is 4. The van der Waals surface area contributed by atoms with Crippen LogP contribution in [0.3, 0.4) is 0 Å². The topological polar surface area (TPSA) is 87.7 Å². The highest BCUT2D eigenvalue weighted by atomic mass is 79.9. The van der Waals surface area contributed by atoms with Gasteiger partial charge in [-0.15, -0.1) is 0 Å². The summed E-state index contributed by atoms with van der Waals surface area (Å²) in [6.45, 7) is 1.38. The van der Waals surface area contributed by atoms with Gasteiger partial charge in [0.25, 0.3) is 5.91 Å². The lowest BCUT2D eigenvalue weighted by atomic mass is 10.1. The van der Waals surface area contributed by atoms with E-state index in [0.29, 0.717) is 21.6 Å². The van der Waals surface area contributed by atoms with Crippen LogP contribution in [0, 0.1) is 0 Å². The summed E-state index contributed by atoms with van der Waals surface area (Å²) in [6.07, 6.45) is 0. The molecule has 7 heteroatoms. The number of amides is 2. The average molecular weight is 379 g/mol.